The Kier molecular flexibility index (Phi) is 5.48. The Morgan fingerprint density at radius 3 is 2.52 bits per heavy atom. The molecule has 6 nitrogen and oxygen atoms in total. The van der Waals surface area contributed by atoms with Gasteiger partial charge in [0.1, 0.15) is 0 Å². The Hall–Kier alpha value is -1.63. The number of nitrogens with zero attached hydrogens (tertiary/aromatic N) is 1. The Bertz CT molecular complexity index is 508. The summed E-state index contributed by atoms with van der Waals surface area (Å²) >= 11 is 0. The van der Waals surface area contributed by atoms with Crippen molar-refractivity contribution >= 4 is 11.6 Å². The topological polar surface area (TPSA) is 60.0 Å². The molecule has 3 rings (SSSR count). The van der Waals surface area contributed by atoms with Crippen molar-refractivity contribution in [3.8, 4) is 0 Å². The molecule has 0 saturated carbocycles. The number of hydrogen-bond acceptors (Lipinski definition) is 5. The molecular weight excluding hydrogens is 296 g/mol. The fourth-order valence-corrected chi connectivity index (χ4v) is 2.82. The SMILES string of the molecule is C[C@@H](NC(=O)[C@@H]1COCCO1)c1ccc(N2CCOCC2)cc1. The van der Waals surface area contributed by atoms with E-state index in [2.05, 4.69) is 34.5 Å². The average molecular weight is 320 g/mol. The molecule has 1 N–H and O–H groups in total. The summed E-state index contributed by atoms with van der Waals surface area (Å²) in [6.07, 6.45) is -0.501. The van der Waals surface area contributed by atoms with Gasteiger partial charge in [0, 0.05) is 18.8 Å². The van der Waals surface area contributed by atoms with E-state index in [0.717, 1.165) is 31.9 Å². The van der Waals surface area contributed by atoms with E-state index in [1.54, 1.807) is 0 Å². The first-order chi connectivity index (χ1) is 11.2. The van der Waals surface area contributed by atoms with E-state index < -0.39 is 6.10 Å². The number of amides is 1. The van der Waals surface area contributed by atoms with Gasteiger partial charge >= 0.3 is 0 Å². The van der Waals surface area contributed by atoms with Gasteiger partial charge in [-0.25, -0.2) is 0 Å². The zero-order valence-corrected chi connectivity index (χ0v) is 13.5. The number of rotatable bonds is 4. The van der Waals surface area contributed by atoms with Crippen LogP contribution in [0.3, 0.4) is 0 Å². The number of hydrogen-bond donors (Lipinski definition) is 1. The summed E-state index contributed by atoms with van der Waals surface area (Å²) in [5.74, 6) is -0.116. The number of carbonyl (C=O) groups is 1. The predicted octanol–water partition coefficient (Wildman–Crippen LogP) is 1.12. The second kappa shape index (κ2) is 7.77. The Morgan fingerprint density at radius 2 is 1.87 bits per heavy atom. The molecule has 0 radical (unpaired) electrons. The summed E-state index contributed by atoms with van der Waals surface area (Å²) < 4.78 is 16.1. The summed E-state index contributed by atoms with van der Waals surface area (Å²) in [5, 5.41) is 2.99. The lowest BCUT2D eigenvalue weighted by atomic mass is 10.1. The number of nitrogens with one attached hydrogen (secondary N) is 1. The van der Waals surface area contributed by atoms with Gasteiger partial charge in [-0.3, -0.25) is 4.79 Å². The van der Waals surface area contributed by atoms with Crippen LogP contribution in [0.5, 0.6) is 0 Å². The fourth-order valence-electron chi connectivity index (χ4n) is 2.82. The molecule has 0 bridgehead atoms. The number of carbonyl (C=O) groups excluding carboxylic acids is 1. The highest BCUT2D eigenvalue weighted by Gasteiger charge is 2.24. The van der Waals surface area contributed by atoms with Crippen LogP contribution >= 0.6 is 0 Å². The lowest BCUT2D eigenvalue weighted by Gasteiger charge is -2.29. The van der Waals surface area contributed by atoms with Gasteiger partial charge in [-0.2, -0.15) is 0 Å². The van der Waals surface area contributed by atoms with Crippen molar-refractivity contribution in [3.63, 3.8) is 0 Å². The maximum Gasteiger partial charge on any atom is 0.252 e. The average Bonchev–Trinajstić information content (AvgIpc) is 2.63. The van der Waals surface area contributed by atoms with Crippen molar-refractivity contribution in [2.75, 3.05) is 51.0 Å². The van der Waals surface area contributed by atoms with E-state index in [4.69, 9.17) is 14.2 Å². The number of morpholine rings is 1. The second-order valence-electron chi connectivity index (χ2n) is 5.86. The van der Waals surface area contributed by atoms with Crippen LogP contribution in [0.2, 0.25) is 0 Å². The quantitative estimate of drug-likeness (QED) is 0.901. The molecule has 126 valence electrons. The molecule has 2 saturated heterocycles. The zero-order chi connectivity index (χ0) is 16.1. The van der Waals surface area contributed by atoms with E-state index in [0.29, 0.717) is 19.8 Å². The summed E-state index contributed by atoms with van der Waals surface area (Å²) in [7, 11) is 0. The molecule has 2 atom stereocenters. The van der Waals surface area contributed by atoms with Crippen molar-refractivity contribution in [1.82, 2.24) is 5.32 Å². The second-order valence-corrected chi connectivity index (χ2v) is 5.86. The summed E-state index contributed by atoms with van der Waals surface area (Å²) in [6, 6.07) is 8.27. The first-order valence-electron chi connectivity index (χ1n) is 8.16. The van der Waals surface area contributed by atoms with Crippen LogP contribution in [0, 0.1) is 0 Å². The summed E-state index contributed by atoms with van der Waals surface area (Å²) in [6.45, 7) is 6.73. The molecular formula is C17H24N2O4. The van der Waals surface area contributed by atoms with E-state index in [9.17, 15) is 4.79 Å². The third-order valence-corrected chi connectivity index (χ3v) is 4.24. The first kappa shape index (κ1) is 16.2. The fraction of sp³-hybridized carbons (Fsp3) is 0.588. The van der Waals surface area contributed by atoms with Crippen LogP contribution in [-0.2, 0) is 19.0 Å². The number of benzene rings is 1. The van der Waals surface area contributed by atoms with Gasteiger partial charge in [-0.1, -0.05) is 12.1 Å². The molecule has 23 heavy (non-hydrogen) atoms. The Morgan fingerprint density at radius 1 is 1.13 bits per heavy atom. The Balaban J connectivity index is 1.56. The summed E-state index contributed by atoms with van der Waals surface area (Å²) in [4.78, 5) is 14.5. The van der Waals surface area contributed by atoms with Crippen LogP contribution in [-0.4, -0.2) is 58.1 Å². The van der Waals surface area contributed by atoms with Crippen molar-refractivity contribution < 1.29 is 19.0 Å². The van der Waals surface area contributed by atoms with E-state index in [1.807, 2.05) is 6.92 Å². The highest BCUT2D eigenvalue weighted by molar-refractivity contribution is 5.81. The number of ether oxygens (including phenoxy) is 3. The van der Waals surface area contributed by atoms with Crippen LogP contribution < -0.4 is 10.2 Å². The minimum Gasteiger partial charge on any atom is -0.378 e. The molecule has 0 unspecified atom stereocenters. The molecule has 1 amide bonds. The molecule has 1 aromatic carbocycles. The maximum atomic E-state index is 12.2. The van der Waals surface area contributed by atoms with Gasteiger partial charge in [0.25, 0.3) is 5.91 Å². The van der Waals surface area contributed by atoms with Crippen molar-refractivity contribution in [1.29, 1.82) is 0 Å². The molecule has 2 aliphatic heterocycles. The van der Waals surface area contributed by atoms with E-state index in [-0.39, 0.29) is 11.9 Å². The van der Waals surface area contributed by atoms with Crippen LogP contribution in [0.4, 0.5) is 5.69 Å². The minimum absolute atomic E-state index is 0.0632. The van der Waals surface area contributed by atoms with Crippen molar-refractivity contribution in [3.05, 3.63) is 29.8 Å². The highest BCUT2D eigenvalue weighted by Crippen LogP contribution is 2.20. The van der Waals surface area contributed by atoms with Crippen molar-refractivity contribution in [2.45, 2.75) is 19.1 Å². The van der Waals surface area contributed by atoms with Gasteiger partial charge in [-0.15, -0.1) is 0 Å². The number of anilines is 1. The normalized spacial score (nSPS) is 23.3. The van der Waals surface area contributed by atoms with E-state index in [1.165, 1.54) is 5.69 Å². The molecule has 0 spiro atoms. The summed E-state index contributed by atoms with van der Waals surface area (Å²) in [5.41, 5.74) is 2.27. The molecule has 2 heterocycles. The van der Waals surface area contributed by atoms with Crippen LogP contribution in [0.1, 0.15) is 18.5 Å². The minimum atomic E-state index is -0.501. The third-order valence-electron chi connectivity index (χ3n) is 4.24. The van der Waals surface area contributed by atoms with Gasteiger partial charge in [0.2, 0.25) is 0 Å². The van der Waals surface area contributed by atoms with Crippen molar-refractivity contribution in [2.24, 2.45) is 0 Å². The predicted molar refractivity (Wildman–Crippen MR) is 86.6 cm³/mol. The highest BCUT2D eigenvalue weighted by atomic mass is 16.6. The third kappa shape index (κ3) is 4.22. The molecule has 0 aliphatic carbocycles. The van der Waals surface area contributed by atoms with Gasteiger partial charge < -0.3 is 24.4 Å². The smallest absolute Gasteiger partial charge is 0.252 e. The maximum absolute atomic E-state index is 12.2. The van der Waals surface area contributed by atoms with Gasteiger partial charge in [0.15, 0.2) is 6.10 Å². The largest absolute Gasteiger partial charge is 0.378 e. The van der Waals surface area contributed by atoms with Gasteiger partial charge in [0.05, 0.1) is 39.1 Å². The Labute approximate surface area is 136 Å². The molecule has 6 heteroatoms. The van der Waals surface area contributed by atoms with Crippen LogP contribution in [0.25, 0.3) is 0 Å². The van der Waals surface area contributed by atoms with E-state index >= 15 is 0 Å². The lowest BCUT2D eigenvalue weighted by Crippen LogP contribution is -2.43. The molecule has 2 fully saturated rings. The monoisotopic (exact) mass is 320 g/mol. The molecule has 2 aliphatic rings. The van der Waals surface area contributed by atoms with Crippen LogP contribution in [0.15, 0.2) is 24.3 Å². The first-order valence-corrected chi connectivity index (χ1v) is 8.16. The molecule has 0 aromatic heterocycles. The molecule has 1 aromatic rings. The lowest BCUT2D eigenvalue weighted by molar-refractivity contribution is -0.148. The standard InChI is InChI=1S/C17H24N2O4/c1-13(18-17(20)16-12-22-10-11-23-16)14-2-4-15(5-3-14)19-6-8-21-9-7-19/h2-5,13,16H,6-12H2,1H3,(H,18,20)/t13-,16+/m1/s1. The zero-order valence-electron chi connectivity index (χ0n) is 13.5. The van der Waals surface area contributed by atoms with Gasteiger partial charge in [-0.05, 0) is 24.6 Å².